The third kappa shape index (κ3) is 3.28. The summed E-state index contributed by atoms with van der Waals surface area (Å²) in [5, 5.41) is 1.10. The van der Waals surface area contributed by atoms with Crippen molar-refractivity contribution in [3.63, 3.8) is 0 Å². The predicted molar refractivity (Wildman–Crippen MR) is 84.1 cm³/mol. The molecule has 1 aromatic carbocycles. The van der Waals surface area contributed by atoms with Crippen molar-refractivity contribution in [2.24, 2.45) is 0 Å². The molecule has 2 aromatic rings. The topological polar surface area (TPSA) is 38.2 Å². The number of morpholine rings is 1. The Morgan fingerprint density at radius 1 is 1.19 bits per heavy atom. The molecular formula is C15H15Cl2N3O. The van der Waals surface area contributed by atoms with Crippen LogP contribution in [0.5, 0.6) is 0 Å². The van der Waals surface area contributed by atoms with E-state index in [1.165, 1.54) is 0 Å². The lowest BCUT2D eigenvalue weighted by Crippen LogP contribution is -2.38. The largest absolute Gasteiger partial charge is 0.370 e. The lowest BCUT2D eigenvalue weighted by Gasteiger charge is -2.34. The van der Waals surface area contributed by atoms with E-state index in [1.807, 2.05) is 25.1 Å². The molecule has 1 aliphatic rings. The van der Waals surface area contributed by atoms with Crippen molar-refractivity contribution in [3.05, 3.63) is 51.9 Å². The SMILES string of the molecule is Cc1cc(N2CCOC(c3ccc(Cl)c(Cl)c3)C2)ncn1. The Labute approximate surface area is 133 Å². The molecule has 0 aliphatic carbocycles. The fourth-order valence-electron chi connectivity index (χ4n) is 2.39. The van der Waals surface area contributed by atoms with E-state index in [0.717, 1.165) is 30.2 Å². The zero-order chi connectivity index (χ0) is 14.8. The molecule has 1 fully saturated rings. The summed E-state index contributed by atoms with van der Waals surface area (Å²) in [7, 11) is 0. The van der Waals surface area contributed by atoms with Crippen LogP contribution in [0.1, 0.15) is 17.4 Å². The van der Waals surface area contributed by atoms with Gasteiger partial charge in [0.2, 0.25) is 0 Å². The number of aryl methyl sites for hydroxylation is 1. The van der Waals surface area contributed by atoms with Gasteiger partial charge in [-0.3, -0.25) is 0 Å². The Morgan fingerprint density at radius 2 is 2.05 bits per heavy atom. The van der Waals surface area contributed by atoms with Crippen LogP contribution in [-0.2, 0) is 4.74 Å². The average Bonchev–Trinajstić information content (AvgIpc) is 2.50. The van der Waals surface area contributed by atoms with E-state index in [-0.39, 0.29) is 6.10 Å². The van der Waals surface area contributed by atoms with E-state index in [9.17, 15) is 0 Å². The number of hydrogen-bond acceptors (Lipinski definition) is 4. The second kappa shape index (κ2) is 6.18. The molecule has 4 nitrogen and oxygen atoms in total. The second-order valence-corrected chi connectivity index (χ2v) is 5.81. The van der Waals surface area contributed by atoms with Crippen LogP contribution in [0.2, 0.25) is 10.0 Å². The van der Waals surface area contributed by atoms with Gasteiger partial charge in [-0.1, -0.05) is 29.3 Å². The minimum Gasteiger partial charge on any atom is -0.370 e. The van der Waals surface area contributed by atoms with E-state index >= 15 is 0 Å². The highest BCUT2D eigenvalue weighted by molar-refractivity contribution is 6.42. The average molecular weight is 324 g/mol. The van der Waals surface area contributed by atoms with Crippen molar-refractivity contribution < 1.29 is 4.74 Å². The molecule has 0 radical (unpaired) electrons. The number of nitrogens with zero attached hydrogens (tertiary/aromatic N) is 3. The fraction of sp³-hybridized carbons (Fsp3) is 0.333. The van der Waals surface area contributed by atoms with Crippen LogP contribution in [0, 0.1) is 6.92 Å². The third-order valence-corrected chi connectivity index (χ3v) is 4.23. The van der Waals surface area contributed by atoms with Gasteiger partial charge < -0.3 is 9.64 Å². The van der Waals surface area contributed by atoms with Gasteiger partial charge in [0.25, 0.3) is 0 Å². The van der Waals surface area contributed by atoms with Crippen LogP contribution < -0.4 is 4.90 Å². The Hall–Kier alpha value is -1.36. The summed E-state index contributed by atoms with van der Waals surface area (Å²) in [6, 6.07) is 7.60. The maximum atomic E-state index is 6.09. The first kappa shape index (κ1) is 14.6. The standard InChI is InChI=1S/C15H15Cl2N3O/c1-10-6-15(19-9-18-10)20-4-5-21-14(8-20)11-2-3-12(16)13(17)7-11/h2-3,6-7,9,14H,4-5,8H2,1H3. The van der Waals surface area contributed by atoms with Crippen molar-refractivity contribution in [1.82, 2.24) is 9.97 Å². The van der Waals surface area contributed by atoms with Gasteiger partial charge in [-0.05, 0) is 24.6 Å². The van der Waals surface area contributed by atoms with E-state index in [2.05, 4.69) is 14.9 Å². The van der Waals surface area contributed by atoms with Crippen molar-refractivity contribution in [2.75, 3.05) is 24.6 Å². The Balaban J connectivity index is 1.80. The van der Waals surface area contributed by atoms with Crippen LogP contribution >= 0.6 is 23.2 Å². The maximum Gasteiger partial charge on any atom is 0.132 e. The van der Waals surface area contributed by atoms with Crippen LogP contribution in [-0.4, -0.2) is 29.7 Å². The molecule has 0 bridgehead atoms. The van der Waals surface area contributed by atoms with Crippen LogP contribution in [0.15, 0.2) is 30.6 Å². The van der Waals surface area contributed by atoms with Gasteiger partial charge in [0.15, 0.2) is 0 Å². The molecule has 1 atom stereocenters. The molecule has 1 aliphatic heterocycles. The molecule has 2 heterocycles. The molecule has 1 aromatic heterocycles. The first-order valence-electron chi connectivity index (χ1n) is 6.73. The first-order chi connectivity index (χ1) is 10.1. The van der Waals surface area contributed by atoms with Gasteiger partial charge >= 0.3 is 0 Å². The number of halogens is 2. The van der Waals surface area contributed by atoms with E-state index in [4.69, 9.17) is 27.9 Å². The number of hydrogen-bond donors (Lipinski definition) is 0. The van der Waals surface area contributed by atoms with Crippen LogP contribution in [0.4, 0.5) is 5.82 Å². The highest BCUT2D eigenvalue weighted by Gasteiger charge is 2.23. The van der Waals surface area contributed by atoms with E-state index in [1.54, 1.807) is 12.4 Å². The number of ether oxygens (including phenoxy) is 1. The van der Waals surface area contributed by atoms with Crippen molar-refractivity contribution in [2.45, 2.75) is 13.0 Å². The van der Waals surface area contributed by atoms with Crippen molar-refractivity contribution in [3.8, 4) is 0 Å². The fourth-order valence-corrected chi connectivity index (χ4v) is 2.69. The number of benzene rings is 1. The summed E-state index contributed by atoms with van der Waals surface area (Å²) in [6.07, 6.45) is 1.55. The van der Waals surface area contributed by atoms with Gasteiger partial charge in [0.1, 0.15) is 18.2 Å². The monoisotopic (exact) mass is 323 g/mol. The molecule has 1 unspecified atom stereocenters. The molecule has 21 heavy (non-hydrogen) atoms. The zero-order valence-corrected chi connectivity index (χ0v) is 13.1. The molecule has 0 N–H and O–H groups in total. The van der Waals surface area contributed by atoms with Crippen LogP contribution in [0.3, 0.4) is 0 Å². The molecule has 0 amide bonds. The van der Waals surface area contributed by atoms with Gasteiger partial charge in [-0.15, -0.1) is 0 Å². The molecule has 0 saturated carbocycles. The second-order valence-electron chi connectivity index (χ2n) is 5.00. The normalized spacial score (nSPS) is 18.8. The molecule has 1 saturated heterocycles. The summed E-state index contributed by atoms with van der Waals surface area (Å²) in [4.78, 5) is 10.7. The van der Waals surface area contributed by atoms with Gasteiger partial charge in [0.05, 0.1) is 16.7 Å². The highest BCUT2D eigenvalue weighted by Crippen LogP contribution is 2.30. The number of aromatic nitrogens is 2. The third-order valence-electron chi connectivity index (χ3n) is 3.50. The Bertz CT molecular complexity index is 651. The molecule has 0 spiro atoms. The van der Waals surface area contributed by atoms with E-state index in [0.29, 0.717) is 16.7 Å². The quantitative estimate of drug-likeness (QED) is 0.845. The first-order valence-corrected chi connectivity index (χ1v) is 7.49. The molecule has 3 rings (SSSR count). The lowest BCUT2D eigenvalue weighted by atomic mass is 10.1. The van der Waals surface area contributed by atoms with Gasteiger partial charge in [-0.2, -0.15) is 0 Å². The van der Waals surface area contributed by atoms with E-state index < -0.39 is 0 Å². The maximum absolute atomic E-state index is 6.09. The van der Waals surface area contributed by atoms with Crippen molar-refractivity contribution in [1.29, 1.82) is 0 Å². The molecule has 6 heteroatoms. The summed E-state index contributed by atoms with van der Waals surface area (Å²) < 4.78 is 5.85. The molecule has 110 valence electrons. The minimum absolute atomic E-state index is 0.0382. The summed E-state index contributed by atoms with van der Waals surface area (Å²) in [5.74, 6) is 0.927. The summed E-state index contributed by atoms with van der Waals surface area (Å²) in [6.45, 7) is 4.15. The minimum atomic E-state index is -0.0382. The van der Waals surface area contributed by atoms with Gasteiger partial charge in [-0.25, -0.2) is 9.97 Å². The highest BCUT2D eigenvalue weighted by atomic mass is 35.5. The van der Waals surface area contributed by atoms with Gasteiger partial charge in [0, 0.05) is 24.8 Å². The molecular weight excluding hydrogens is 309 g/mol. The Kier molecular flexibility index (Phi) is 4.29. The Morgan fingerprint density at radius 3 is 2.81 bits per heavy atom. The predicted octanol–water partition coefficient (Wildman–Crippen LogP) is 3.67. The van der Waals surface area contributed by atoms with Crippen molar-refractivity contribution >= 4 is 29.0 Å². The summed E-state index contributed by atoms with van der Waals surface area (Å²) >= 11 is 12.0. The zero-order valence-electron chi connectivity index (χ0n) is 11.6. The van der Waals surface area contributed by atoms with Crippen LogP contribution in [0.25, 0.3) is 0 Å². The smallest absolute Gasteiger partial charge is 0.132 e. The number of anilines is 1. The summed E-state index contributed by atoms with van der Waals surface area (Å²) in [5.41, 5.74) is 1.98. The lowest BCUT2D eigenvalue weighted by molar-refractivity contribution is 0.0395. The number of rotatable bonds is 2.